The Balaban J connectivity index is 3.03. The number of hydrogen-bond donors (Lipinski definition) is 2. The van der Waals surface area contributed by atoms with E-state index in [4.69, 9.17) is 10.9 Å². The quantitative estimate of drug-likeness (QED) is 0.354. The highest BCUT2D eigenvalue weighted by Gasteiger charge is 2.16. The first-order chi connectivity index (χ1) is 9.36. The van der Waals surface area contributed by atoms with Crippen LogP contribution in [0.25, 0.3) is 0 Å². The summed E-state index contributed by atoms with van der Waals surface area (Å²) >= 11 is 0. The average Bonchev–Trinajstić information content (AvgIpc) is 2.36. The molecule has 0 aliphatic carbocycles. The summed E-state index contributed by atoms with van der Waals surface area (Å²) in [6, 6.07) is 1.94. The second-order valence-corrected chi connectivity index (χ2v) is 5.34. The van der Waals surface area contributed by atoms with Crippen LogP contribution < -0.4 is 10.6 Å². The van der Waals surface area contributed by atoms with E-state index < -0.39 is 0 Å². The Hall–Kier alpha value is -1.82. The number of anilines is 1. The zero-order valence-corrected chi connectivity index (χ0v) is 13.0. The summed E-state index contributed by atoms with van der Waals surface area (Å²) in [6.45, 7) is 5.76. The predicted molar refractivity (Wildman–Crippen MR) is 82.7 cm³/mol. The molecule has 6 heteroatoms. The second kappa shape index (κ2) is 7.09. The van der Waals surface area contributed by atoms with Crippen LogP contribution in [0.2, 0.25) is 0 Å². The average molecular weight is 279 g/mol. The molecule has 1 aromatic heterocycles. The zero-order valence-electron chi connectivity index (χ0n) is 13.0. The highest BCUT2D eigenvalue weighted by atomic mass is 16.4. The van der Waals surface area contributed by atoms with E-state index in [-0.39, 0.29) is 5.84 Å². The van der Waals surface area contributed by atoms with Gasteiger partial charge in [-0.2, -0.15) is 0 Å². The van der Waals surface area contributed by atoms with Crippen molar-refractivity contribution in [3.05, 3.63) is 22.9 Å². The number of pyridine rings is 1. The van der Waals surface area contributed by atoms with Crippen molar-refractivity contribution in [2.45, 2.75) is 20.3 Å². The largest absolute Gasteiger partial charge is 0.409 e. The zero-order chi connectivity index (χ0) is 15.3. The van der Waals surface area contributed by atoms with Crippen molar-refractivity contribution in [1.82, 2.24) is 9.88 Å². The molecule has 1 aromatic rings. The number of oxime groups is 1. The third-order valence-corrected chi connectivity index (χ3v) is 3.15. The first-order valence-corrected chi connectivity index (χ1v) is 6.68. The number of aromatic nitrogens is 1. The summed E-state index contributed by atoms with van der Waals surface area (Å²) in [5, 5.41) is 12.1. The number of rotatable bonds is 6. The lowest BCUT2D eigenvalue weighted by atomic mass is 10.1. The lowest BCUT2D eigenvalue weighted by Gasteiger charge is -2.23. The molecule has 0 saturated heterocycles. The third-order valence-electron chi connectivity index (χ3n) is 3.15. The van der Waals surface area contributed by atoms with Gasteiger partial charge in [0.05, 0.1) is 5.56 Å². The van der Waals surface area contributed by atoms with Crippen LogP contribution >= 0.6 is 0 Å². The molecule has 0 aliphatic rings. The number of nitrogens with two attached hydrogens (primary N) is 1. The summed E-state index contributed by atoms with van der Waals surface area (Å²) in [5.74, 6) is 0.862. The maximum atomic E-state index is 8.95. The maximum Gasteiger partial charge on any atom is 0.174 e. The molecule has 0 aliphatic heterocycles. The number of amidine groups is 1. The van der Waals surface area contributed by atoms with Crippen LogP contribution in [0.1, 0.15) is 23.2 Å². The summed E-state index contributed by atoms with van der Waals surface area (Å²) in [5.41, 5.74) is 8.37. The highest BCUT2D eigenvalue weighted by Crippen LogP contribution is 2.21. The lowest BCUT2D eigenvalue weighted by Crippen LogP contribution is -2.28. The summed E-state index contributed by atoms with van der Waals surface area (Å²) in [6.07, 6.45) is 1.02. The summed E-state index contributed by atoms with van der Waals surface area (Å²) in [7, 11) is 6.08. The molecular weight excluding hydrogens is 254 g/mol. The van der Waals surface area contributed by atoms with Gasteiger partial charge in [-0.05, 0) is 52.5 Å². The second-order valence-electron chi connectivity index (χ2n) is 5.34. The lowest BCUT2D eigenvalue weighted by molar-refractivity contribution is 0.318. The molecule has 1 rings (SSSR count). The Kier molecular flexibility index (Phi) is 5.76. The van der Waals surface area contributed by atoms with Crippen LogP contribution in [-0.2, 0) is 0 Å². The molecule has 0 spiro atoms. The van der Waals surface area contributed by atoms with Crippen molar-refractivity contribution in [3.63, 3.8) is 0 Å². The van der Waals surface area contributed by atoms with E-state index >= 15 is 0 Å². The van der Waals surface area contributed by atoms with Crippen LogP contribution in [0.5, 0.6) is 0 Å². The monoisotopic (exact) mass is 279 g/mol. The fraction of sp³-hybridized carbons (Fsp3) is 0.571. The Morgan fingerprint density at radius 1 is 1.30 bits per heavy atom. The molecule has 0 radical (unpaired) electrons. The van der Waals surface area contributed by atoms with Gasteiger partial charge in [0, 0.05) is 19.3 Å². The number of hydrogen-bond acceptors (Lipinski definition) is 5. The molecule has 0 aromatic carbocycles. The smallest absolute Gasteiger partial charge is 0.174 e. The van der Waals surface area contributed by atoms with Crippen LogP contribution in [0.4, 0.5) is 5.82 Å². The van der Waals surface area contributed by atoms with Gasteiger partial charge in [0.25, 0.3) is 0 Å². The van der Waals surface area contributed by atoms with Gasteiger partial charge in [-0.1, -0.05) is 5.16 Å². The topological polar surface area (TPSA) is 78.0 Å². The van der Waals surface area contributed by atoms with Crippen LogP contribution in [0.3, 0.4) is 0 Å². The third kappa shape index (κ3) is 4.09. The SMILES string of the molecule is Cc1cc(C)c(C(N)=NO)c(N(C)CCCN(C)C)n1. The minimum atomic E-state index is 0.101. The van der Waals surface area contributed by atoms with E-state index in [0.29, 0.717) is 5.56 Å². The molecule has 0 unspecified atom stereocenters. The van der Waals surface area contributed by atoms with Crippen molar-refractivity contribution >= 4 is 11.7 Å². The fourth-order valence-electron chi connectivity index (χ4n) is 2.19. The molecule has 1 heterocycles. The van der Waals surface area contributed by atoms with Crippen molar-refractivity contribution in [3.8, 4) is 0 Å². The molecule has 0 amide bonds. The van der Waals surface area contributed by atoms with E-state index in [9.17, 15) is 0 Å². The van der Waals surface area contributed by atoms with E-state index in [0.717, 1.165) is 36.6 Å². The summed E-state index contributed by atoms with van der Waals surface area (Å²) in [4.78, 5) is 8.74. The molecule has 0 atom stereocenters. The van der Waals surface area contributed by atoms with Crippen LogP contribution in [-0.4, -0.2) is 55.2 Å². The van der Waals surface area contributed by atoms with Gasteiger partial charge in [0.2, 0.25) is 0 Å². The number of aryl methyl sites for hydroxylation is 2. The standard InChI is InChI=1S/C14H25N5O/c1-10-9-11(2)16-14(12(10)13(15)17-20)19(5)8-6-7-18(3)4/h9,20H,6-8H2,1-5H3,(H2,15,17). The highest BCUT2D eigenvalue weighted by molar-refractivity contribution is 6.02. The van der Waals surface area contributed by atoms with E-state index in [1.54, 1.807) is 0 Å². The van der Waals surface area contributed by atoms with Gasteiger partial charge in [0.1, 0.15) is 5.82 Å². The fourth-order valence-corrected chi connectivity index (χ4v) is 2.19. The first-order valence-electron chi connectivity index (χ1n) is 6.68. The van der Waals surface area contributed by atoms with Gasteiger partial charge in [-0.3, -0.25) is 0 Å². The van der Waals surface area contributed by atoms with Gasteiger partial charge < -0.3 is 20.7 Å². The van der Waals surface area contributed by atoms with Crippen LogP contribution in [0, 0.1) is 13.8 Å². The van der Waals surface area contributed by atoms with Crippen molar-refractivity contribution in [2.75, 3.05) is 39.1 Å². The Morgan fingerprint density at radius 3 is 2.50 bits per heavy atom. The molecule has 0 fully saturated rings. The summed E-state index contributed by atoms with van der Waals surface area (Å²) < 4.78 is 0. The van der Waals surface area contributed by atoms with Gasteiger partial charge in [-0.15, -0.1) is 0 Å². The molecule has 0 saturated carbocycles. The Morgan fingerprint density at radius 2 is 1.95 bits per heavy atom. The van der Waals surface area contributed by atoms with Gasteiger partial charge in [-0.25, -0.2) is 4.98 Å². The predicted octanol–water partition coefficient (Wildman–Crippen LogP) is 1.18. The minimum absolute atomic E-state index is 0.101. The van der Waals surface area contributed by atoms with E-state index in [2.05, 4.69) is 34.0 Å². The van der Waals surface area contributed by atoms with E-state index in [1.807, 2.05) is 27.0 Å². The van der Waals surface area contributed by atoms with Gasteiger partial charge >= 0.3 is 0 Å². The van der Waals surface area contributed by atoms with Crippen molar-refractivity contribution < 1.29 is 5.21 Å². The molecule has 6 nitrogen and oxygen atoms in total. The first kappa shape index (κ1) is 16.2. The molecule has 3 N–H and O–H groups in total. The number of nitrogens with zero attached hydrogens (tertiary/aromatic N) is 4. The normalized spacial score (nSPS) is 12.0. The van der Waals surface area contributed by atoms with E-state index in [1.165, 1.54) is 0 Å². The molecule has 20 heavy (non-hydrogen) atoms. The van der Waals surface area contributed by atoms with Crippen molar-refractivity contribution in [2.24, 2.45) is 10.9 Å². The Bertz CT molecular complexity index is 485. The van der Waals surface area contributed by atoms with Crippen LogP contribution in [0.15, 0.2) is 11.2 Å². The van der Waals surface area contributed by atoms with Crippen molar-refractivity contribution in [1.29, 1.82) is 0 Å². The molecular formula is C14H25N5O. The Labute approximate surface area is 120 Å². The minimum Gasteiger partial charge on any atom is -0.409 e. The molecule has 0 bridgehead atoms. The molecule has 112 valence electrons. The van der Waals surface area contributed by atoms with Gasteiger partial charge in [0.15, 0.2) is 5.84 Å². The maximum absolute atomic E-state index is 8.95.